The fraction of sp³-hybridized carbons (Fsp3) is 0.375. The maximum absolute atomic E-state index is 12.7. The summed E-state index contributed by atoms with van der Waals surface area (Å²) < 4.78 is 7.36. The number of ether oxygens (including phenoxy) is 1. The molecule has 0 spiro atoms. The highest BCUT2D eigenvalue weighted by Gasteiger charge is 2.28. The summed E-state index contributed by atoms with van der Waals surface area (Å²) in [5.74, 6) is 0.655. The summed E-state index contributed by atoms with van der Waals surface area (Å²) in [7, 11) is 0. The average molecular weight is 479 g/mol. The van der Waals surface area contributed by atoms with Crippen molar-refractivity contribution in [2.24, 2.45) is 0 Å². The minimum atomic E-state index is -0.384. The van der Waals surface area contributed by atoms with Crippen LogP contribution in [0.3, 0.4) is 0 Å². The third kappa shape index (κ3) is 5.26. The van der Waals surface area contributed by atoms with Crippen LogP contribution in [0, 0.1) is 18.3 Å². The zero-order chi connectivity index (χ0) is 24.1. The second-order valence-corrected chi connectivity index (χ2v) is 9.29. The summed E-state index contributed by atoms with van der Waals surface area (Å²) in [6.45, 7) is 5.46. The molecule has 2 amide bonds. The van der Waals surface area contributed by atoms with E-state index < -0.39 is 0 Å². The van der Waals surface area contributed by atoms with Crippen LogP contribution in [0.1, 0.15) is 46.8 Å². The number of aromatic nitrogens is 3. The van der Waals surface area contributed by atoms with Crippen molar-refractivity contribution in [3.63, 3.8) is 0 Å². The third-order valence-electron chi connectivity index (χ3n) is 5.85. The number of pyridine rings is 1. The highest BCUT2D eigenvalue weighted by molar-refractivity contribution is 7.16. The predicted octanol–water partition coefficient (Wildman–Crippen LogP) is 3.85. The fourth-order valence-corrected chi connectivity index (χ4v) is 5.19. The number of thiophene rings is 1. The molecular weight excluding hydrogens is 452 g/mol. The molecule has 1 atom stereocenters. The minimum Gasteiger partial charge on any atom is -0.448 e. The SMILES string of the molecule is Cc1nccn1CCOC(=O)N1CCc2c(sc(NC(=O)C[C@H](C)c3ccccn3)c2C#N)C1. The van der Waals surface area contributed by atoms with Crippen LogP contribution in [0.2, 0.25) is 0 Å². The van der Waals surface area contributed by atoms with Crippen LogP contribution < -0.4 is 5.32 Å². The zero-order valence-electron chi connectivity index (χ0n) is 19.2. The molecule has 34 heavy (non-hydrogen) atoms. The second kappa shape index (κ2) is 10.5. The number of nitrogens with zero attached hydrogens (tertiary/aromatic N) is 5. The number of fused-ring (bicyclic) bond motifs is 1. The molecule has 3 aromatic rings. The minimum absolute atomic E-state index is 0.0438. The molecule has 0 unspecified atom stereocenters. The standard InChI is InChI=1S/C24H26N6O3S/c1-16(20-5-3-4-7-27-20)13-22(31)28-23-19(14-25)18-6-9-30(15-21(18)34-23)24(32)33-12-11-29-10-8-26-17(29)2/h3-5,7-8,10,16H,6,9,11-13,15H2,1-2H3,(H,28,31)/t16-/m0/s1. The van der Waals surface area contributed by atoms with Crippen molar-refractivity contribution in [2.75, 3.05) is 18.5 Å². The molecule has 0 bridgehead atoms. The highest BCUT2D eigenvalue weighted by Crippen LogP contribution is 2.37. The first-order chi connectivity index (χ1) is 16.5. The maximum atomic E-state index is 12.7. The molecule has 0 radical (unpaired) electrons. The topological polar surface area (TPSA) is 113 Å². The molecule has 0 aliphatic carbocycles. The summed E-state index contributed by atoms with van der Waals surface area (Å²) in [6, 6.07) is 7.86. The largest absolute Gasteiger partial charge is 0.448 e. The quantitative estimate of drug-likeness (QED) is 0.552. The van der Waals surface area contributed by atoms with Crippen molar-refractivity contribution in [1.82, 2.24) is 19.4 Å². The van der Waals surface area contributed by atoms with E-state index >= 15 is 0 Å². The summed E-state index contributed by atoms with van der Waals surface area (Å²) in [6.07, 6.45) is 5.69. The van der Waals surface area contributed by atoms with Crippen molar-refractivity contribution in [3.8, 4) is 6.07 Å². The molecule has 4 heterocycles. The van der Waals surface area contributed by atoms with Crippen LogP contribution in [-0.2, 0) is 29.0 Å². The normalized spacial score (nSPS) is 13.6. The Morgan fingerprint density at radius 1 is 1.32 bits per heavy atom. The van der Waals surface area contributed by atoms with Crippen LogP contribution in [0.4, 0.5) is 9.80 Å². The maximum Gasteiger partial charge on any atom is 0.410 e. The van der Waals surface area contributed by atoms with Gasteiger partial charge in [-0.15, -0.1) is 11.3 Å². The van der Waals surface area contributed by atoms with Gasteiger partial charge in [-0.25, -0.2) is 9.78 Å². The van der Waals surface area contributed by atoms with Gasteiger partial charge in [0, 0.05) is 48.0 Å². The van der Waals surface area contributed by atoms with Gasteiger partial charge in [-0.1, -0.05) is 13.0 Å². The number of anilines is 1. The number of nitrogens with one attached hydrogen (secondary N) is 1. The van der Waals surface area contributed by atoms with Crippen LogP contribution in [-0.4, -0.2) is 44.6 Å². The Morgan fingerprint density at radius 3 is 2.88 bits per heavy atom. The van der Waals surface area contributed by atoms with Gasteiger partial charge in [0.1, 0.15) is 23.5 Å². The first kappa shape index (κ1) is 23.4. The van der Waals surface area contributed by atoms with Crippen molar-refractivity contribution < 1.29 is 14.3 Å². The first-order valence-corrected chi connectivity index (χ1v) is 11.9. The van der Waals surface area contributed by atoms with Gasteiger partial charge in [0.15, 0.2) is 0 Å². The molecule has 176 valence electrons. The first-order valence-electron chi connectivity index (χ1n) is 11.1. The number of rotatable bonds is 7. The molecule has 9 nitrogen and oxygen atoms in total. The molecule has 10 heteroatoms. The monoisotopic (exact) mass is 478 g/mol. The Hall–Kier alpha value is -3.71. The molecule has 3 aromatic heterocycles. The Kier molecular flexibility index (Phi) is 7.23. The lowest BCUT2D eigenvalue weighted by molar-refractivity contribution is -0.116. The lowest BCUT2D eigenvalue weighted by Gasteiger charge is -2.26. The number of carbonyl (C=O) groups is 2. The molecular formula is C24H26N6O3S. The zero-order valence-corrected chi connectivity index (χ0v) is 20.0. The lowest BCUT2D eigenvalue weighted by Crippen LogP contribution is -2.36. The van der Waals surface area contributed by atoms with Crippen molar-refractivity contribution >= 4 is 28.3 Å². The third-order valence-corrected chi connectivity index (χ3v) is 6.98. The number of aryl methyl sites for hydroxylation is 1. The number of amides is 2. The summed E-state index contributed by atoms with van der Waals surface area (Å²) in [5, 5.41) is 13.2. The Morgan fingerprint density at radius 2 is 2.18 bits per heavy atom. The van der Waals surface area contributed by atoms with E-state index in [0.717, 1.165) is 22.0 Å². The second-order valence-electron chi connectivity index (χ2n) is 8.18. The molecule has 0 fully saturated rings. The summed E-state index contributed by atoms with van der Waals surface area (Å²) in [5.41, 5.74) is 2.24. The number of hydrogen-bond acceptors (Lipinski definition) is 7. The van der Waals surface area contributed by atoms with Crippen molar-refractivity contribution in [1.29, 1.82) is 5.26 Å². The fourth-order valence-electron chi connectivity index (χ4n) is 3.96. The number of hydrogen-bond donors (Lipinski definition) is 1. The van der Waals surface area contributed by atoms with Gasteiger partial charge in [0.25, 0.3) is 0 Å². The van der Waals surface area contributed by atoms with Gasteiger partial charge in [0.2, 0.25) is 5.91 Å². The smallest absolute Gasteiger partial charge is 0.410 e. The molecule has 4 rings (SSSR count). The van der Waals surface area contributed by atoms with E-state index in [9.17, 15) is 14.9 Å². The van der Waals surface area contributed by atoms with Crippen LogP contribution in [0.5, 0.6) is 0 Å². The Labute approximate surface area is 202 Å². The average Bonchev–Trinajstić information content (AvgIpc) is 3.40. The van der Waals surface area contributed by atoms with E-state index in [1.165, 1.54) is 11.3 Å². The number of imidazole rings is 1. The molecule has 0 saturated heterocycles. The molecule has 1 N–H and O–H groups in total. The van der Waals surface area contributed by atoms with E-state index in [0.29, 0.717) is 36.6 Å². The van der Waals surface area contributed by atoms with Gasteiger partial charge in [-0.05, 0) is 31.0 Å². The van der Waals surface area contributed by atoms with Gasteiger partial charge in [-0.2, -0.15) is 5.26 Å². The number of carbonyl (C=O) groups excluding carboxylic acids is 2. The van der Waals surface area contributed by atoms with Crippen LogP contribution in [0.15, 0.2) is 36.8 Å². The van der Waals surface area contributed by atoms with Crippen LogP contribution in [0.25, 0.3) is 0 Å². The number of nitriles is 1. The van der Waals surface area contributed by atoms with Gasteiger partial charge >= 0.3 is 6.09 Å². The van der Waals surface area contributed by atoms with Crippen molar-refractivity contribution in [2.45, 2.75) is 45.7 Å². The lowest BCUT2D eigenvalue weighted by atomic mass is 10.0. The molecule has 1 aliphatic rings. The van der Waals surface area contributed by atoms with E-state index in [1.54, 1.807) is 17.3 Å². The van der Waals surface area contributed by atoms with Crippen LogP contribution >= 0.6 is 11.3 Å². The van der Waals surface area contributed by atoms with E-state index in [4.69, 9.17) is 4.74 Å². The molecule has 1 aliphatic heterocycles. The summed E-state index contributed by atoms with van der Waals surface area (Å²) >= 11 is 1.35. The highest BCUT2D eigenvalue weighted by atomic mass is 32.1. The Balaban J connectivity index is 1.36. The van der Waals surface area contributed by atoms with Gasteiger partial charge < -0.3 is 19.5 Å². The van der Waals surface area contributed by atoms with E-state index in [-0.39, 0.29) is 30.9 Å². The molecule has 0 saturated carbocycles. The Bertz CT molecular complexity index is 1210. The van der Waals surface area contributed by atoms with Gasteiger partial charge in [0.05, 0.1) is 18.7 Å². The molecule has 0 aromatic carbocycles. The van der Waals surface area contributed by atoms with E-state index in [2.05, 4.69) is 21.4 Å². The predicted molar refractivity (Wildman–Crippen MR) is 127 cm³/mol. The van der Waals surface area contributed by atoms with E-state index in [1.807, 2.05) is 42.8 Å². The summed E-state index contributed by atoms with van der Waals surface area (Å²) in [4.78, 5) is 36.2. The van der Waals surface area contributed by atoms with Crippen molar-refractivity contribution in [3.05, 3.63) is 64.3 Å². The van der Waals surface area contributed by atoms with Gasteiger partial charge in [-0.3, -0.25) is 9.78 Å².